The second-order valence-electron chi connectivity index (χ2n) is 4.02. The first-order valence-corrected chi connectivity index (χ1v) is 6.27. The van der Waals surface area contributed by atoms with Crippen LogP contribution >= 0.6 is 11.6 Å². The molecule has 18 heavy (non-hydrogen) atoms. The summed E-state index contributed by atoms with van der Waals surface area (Å²) in [5.74, 6) is -0.0405. The standard InChI is InChI=1S/C13H19ClN2O2/c1-18-12(9-15)8-13(17)16-7-6-10-2-4-11(14)5-3-10/h2-5,12H,6-9,15H2,1H3,(H,16,17). The van der Waals surface area contributed by atoms with E-state index in [2.05, 4.69) is 5.32 Å². The maximum Gasteiger partial charge on any atom is 0.222 e. The summed E-state index contributed by atoms with van der Waals surface area (Å²) in [7, 11) is 1.55. The van der Waals surface area contributed by atoms with Gasteiger partial charge in [0, 0.05) is 25.2 Å². The molecule has 0 bridgehead atoms. The number of carbonyl (C=O) groups is 1. The van der Waals surface area contributed by atoms with Crippen LogP contribution in [0, 0.1) is 0 Å². The summed E-state index contributed by atoms with van der Waals surface area (Å²) >= 11 is 5.79. The van der Waals surface area contributed by atoms with Gasteiger partial charge in [-0.2, -0.15) is 0 Å². The van der Waals surface area contributed by atoms with Gasteiger partial charge in [0.15, 0.2) is 0 Å². The predicted octanol–water partition coefficient (Wildman–Crippen LogP) is 1.36. The first kappa shape index (κ1) is 15.0. The van der Waals surface area contributed by atoms with Gasteiger partial charge in [-0.15, -0.1) is 0 Å². The van der Waals surface area contributed by atoms with Crippen molar-refractivity contribution in [3.05, 3.63) is 34.9 Å². The zero-order valence-corrected chi connectivity index (χ0v) is 11.2. The molecule has 1 rings (SSSR count). The molecular formula is C13H19ClN2O2. The van der Waals surface area contributed by atoms with Crippen molar-refractivity contribution in [2.75, 3.05) is 20.2 Å². The molecule has 1 amide bonds. The number of ether oxygens (including phenoxy) is 1. The van der Waals surface area contributed by atoms with E-state index < -0.39 is 0 Å². The summed E-state index contributed by atoms with van der Waals surface area (Å²) in [6.45, 7) is 0.947. The fourth-order valence-corrected chi connectivity index (χ4v) is 1.67. The van der Waals surface area contributed by atoms with Crippen LogP contribution in [0.15, 0.2) is 24.3 Å². The lowest BCUT2D eigenvalue weighted by Gasteiger charge is -2.12. The number of nitrogens with two attached hydrogens (primary N) is 1. The lowest BCUT2D eigenvalue weighted by molar-refractivity contribution is -0.123. The molecule has 100 valence electrons. The molecule has 0 saturated heterocycles. The molecule has 0 saturated carbocycles. The Hall–Kier alpha value is -1.10. The molecule has 5 heteroatoms. The smallest absolute Gasteiger partial charge is 0.222 e. The van der Waals surface area contributed by atoms with Gasteiger partial charge in [-0.25, -0.2) is 0 Å². The van der Waals surface area contributed by atoms with E-state index in [1.165, 1.54) is 0 Å². The van der Waals surface area contributed by atoms with E-state index in [-0.39, 0.29) is 12.0 Å². The van der Waals surface area contributed by atoms with Crippen molar-refractivity contribution in [1.29, 1.82) is 0 Å². The van der Waals surface area contributed by atoms with Gasteiger partial charge < -0.3 is 15.8 Å². The van der Waals surface area contributed by atoms with Crippen molar-refractivity contribution in [1.82, 2.24) is 5.32 Å². The van der Waals surface area contributed by atoms with E-state index in [1.54, 1.807) is 7.11 Å². The Kier molecular flexibility index (Phi) is 6.72. The molecule has 1 aromatic carbocycles. The normalized spacial score (nSPS) is 12.2. The van der Waals surface area contributed by atoms with E-state index in [1.807, 2.05) is 24.3 Å². The number of hydrogen-bond acceptors (Lipinski definition) is 3. The van der Waals surface area contributed by atoms with Crippen LogP contribution in [-0.2, 0) is 16.0 Å². The molecule has 0 spiro atoms. The second kappa shape index (κ2) is 8.08. The van der Waals surface area contributed by atoms with Gasteiger partial charge in [0.05, 0.1) is 12.5 Å². The monoisotopic (exact) mass is 270 g/mol. The molecule has 3 N–H and O–H groups in total. The number of methoxy groups -OCH3 is 1. The minimum atomic E-state index is -0.208. The number of nitrogens with one attached hydrogen (secondary N) is 1. The maximum absolute atomic E-state index is 11.5. The number of amides is 1. The lowest BCUT2D eigenvalue weighted by atomic mass is 10.1. The van der Waals surface area contributed by atoms with Crippen LogP contribution in [0.2, 0.25) is 5.02 Å². The van der Waals surface area contributed by atoms with Gasteiger partial charge in [0.1, 0.15) is 0 Å². The molecule has 0 aliphatic carbocycles. The molecular weight excluding hydrogens is 252 g/mol. The van der Waals surface area contributed by atoms with E-state index in [9.17, 15) is 4.79 Å². The van der Waals surface area contributed by atoms with Gasteiger partial charge in [-0.05, 0) is 24.1 Å². The van der Waals surface area contributed by atoms with Crippen molar-refractivity contribution in [3.8, 4) is 0 Å². The van der Waals surface area contributed by atoms with Crippen molar-refractivity contribution < 1.29 is 9.53 Å². The zero-order chi connectivity index (χ0) is 13.4. The molecule has 1 aromatic rings. The molecule has 0 radical (unpaired) electrons. The van der Waals surface area contributed by atoms with Crippen LogP contribution < -0.4 is 11.1 Å². The SMILES string of the molecule is COC(CN)CC(=O)NCCc1ccc(Cl)cc1. The van der Waals surface area contributed by atoms with E-state index >= 15 is 0 Å². The second-order valence-corrected chi connectivity index (χ2v) is 4.46. The van der Waals surface area contributed by atoms with Crippen LogP contribution in [0.5, 0.6) is 0 Å². The number of halogens is 1. The average Bonchev–Trinajstić information content (AvgIpc) is 2.38. The quantitative estimate of drug-likeness (QED) is 0.786. The third-order valence-corrected chi connectivity index (χ3v) is 2.91. The molecule has 1 atom stereocenters. The van der Waals surface area contributed by atoms with Crippen molar-refractivity contribution >= 4 is 17.5 Å². The number of rotatable bonds is 7. The Labute approximate surface area is 112 Å². The minimum absolute atomic E-state index is 0.0405. The van der Waals surface area contributed by atoms with Gasteiger partial charge in [0.2, 0.25) is 5.91 Å². The highest BCUT2D eigenvalue weighted by Gasteiger charge is 2.10. The molecule has 0 fully saturated rings. The van der Waals surface area contributed by atoms with Gasteiger partial charge in [0.25, 0.3) is 0 Å². The summed E-state index contributed by atoms with van der Waals surface area (Å²) < 4.78 is 5.05. The third-order valence-electron chi connectivity index (χ3n) is 2.66. The van der Waals surface area contributed by atoms with Gasteiger partial charge >= 0.3 is 0 Å². The van der Waals surface area contributed by atoms with E-state index in [0.29, 0.717) is 24.5 Å². The van der Waals surface area contributed by atoms with E-state index in [0.717, 1.165) is 12.0 Å². The van der Waals surface area contributed by atoms with Crippen LogP contribution in [0.4, 0.5) is 0 Å². The molecule has 0 heterocycles. The van der Waals surface area contributed by atoms with Crippen LogP contribution in [0.1, 0.15) is 12.0 Å². The van der Waals surface area contributed by atoms with Crippen molar-refractivity contribution in [3.63, 3.8) is 0 Å². The summed E-state index contributed by atoms with van der Waals surface area (Å²) in [6.07, 6.45) is 0.872. The highest BCUT2D eigenvalue weighted by atomic mass is 35.5. The summed E-state index contributed by atoms with van der Waals surface area (Å²) in [5, 5.41) is 3.55. The van der Waals surface area contributed by atoms with Crippen LogP contribution in [0.25, 0.3) is 0 Å². The lowest BCUT2D eigenvalue weighted by Crippen LogP contribution is -2.33. The first-order chi connectivity index (χ1) is 8.65. The van der Waals surface area contributed by atoms with Crippen molar-refractivity contribution in [2.24, 2.45) is 5.73 Å². The highest BCUT2D eigenvalue weighted by molar-refractivity contribution is 6.30. The predicted molar refractivity (Wildman–Crippen MR) is 72.6 cm³/mol. The van der Waals surface area contributed by atoms with Crippen LogP contribution in [0.3, 0.4) is 0 Å². The minimum Gasteiger partial charge on any atom is -0.380 e. The Morgan fingerprint density at radius 3 is 2.67 bits per heavy atom. The highest BCUT2D eigenvalue weighted by Crippen LogP contribution is 2.09. The van der Waals surface area contributed by atoms with Crippen molar-refractivity contribution in [2.45, 2.75) is 18.9 Å². The third kappa shape index (κ3) is 5.49. The molecule has 0 aliphatic heterocycles. The van der Waals surface area contributed by atoms with Gasteiger partial charge in [-0.1, -0.05) is 23.7 Å². The average molecular weight is 271 g/mol. The summed E-state index contributed by atoms with van der Waals surface area (Å²) in [4.78, 5) is 11.5. The zero-order valence-electron chi connectivity index (χ0n) is 10.5. The molecule has 1 unspecified atom stereocenters. The number of carbonyl (C=O) groups excluding carboxylic acids is 1. The first-order valence-electron chi connectivity index (χ1n) is 5.89. The Morgan fingerprint density at radius 1 is 1.44 bits per heavy atom. The number of benzene rings is 1. The summed E-state index contributed by atoms with van der Waals surface area (Å²) in [5.41, 5.74) is 6.59. The Morgan fingerprint density at radius 2 is 2.11 bits per heavy atom. The fourth-order valence-electron chi connectivity index (χ4n) is 1.54. The maximum atomic E-state index is 11.5. The summed E-state index contributed by atoms with van der Waals surface area (Å²) in [6, 6.07) is 7.58. The topological polar surface area (TPSA) is 64.3 Å². The number of hydrogen-bond donors (Lipinski definition) is 2. The molecule has 0 aromatic heterocycles. The molecule has 4 nitrogen and oxygen atoms in total. The molecule has 0 aliphatic rings. The largest absolute Gasteiger partial charge is 0.380 e. The van der Waals surface area contributed by atoms with Crippen LogP contribution in [-0.4, -0.2) is 32.2 Å². The Balaban J connectivity index is 2.25. The van der Waals surface area contributed by atoms with Gasteiger partial charge in [-0.3, -0.25) is 4.79 Å². The Bertz CT molecular complexity index is 364. The van der Waals surface area contributed by atoms with E-state index in [4.69, 9.17) is 22.1 Å². The fraction of sp³-hybridized carbons (Fsp3) is 0.462.